The Balaban J connectivity index is 2.37. The Morgan fingerprint density at radius 3 is 2.42 bits per heavy atom. The van der Waals surface area contributed by atoms with Crippen LogP contribution in [0.25, 0.3) is 11.3 Å². The molecule has 0 fully saturated rings. The molecule has 0 unspecified atom stereocenters. The van der Waals surface area contributed by atoms with Crippen LogP contribution in [0.5, 0.6) is 0 Å². The Kier molecular flexibility index (Phi) is 3.53. The van der Waals surface area contributed by atoms with E-state index in [2.05, 4.69) is 9.97 Å². The zero-order chi connectivity index (χ0) is 14.0. The van der Waals surface area contributed by atoms with E-state index in [1.807, 2.05) is 0 Å². The molecule has 0 spiro atoms. The van der Waals surface area contributed by atoms with E-state index < -0.39 is 11.9 Å². The number of hydrogen-bond acceptors (Lipinski definition) is 3. The van der Waals surface area contributed by atoms with Crippen LogP contribution in [0, 0.1) is 0 Å². The fourth-order valence-electron chi connectivity index (χ4n) is 1.58. The SMILES string of the molecule is C[C@H](N)c1ccc(-c2cccc(C(F)(F)F)n2)cn1. The lowest BCUT2D eigenvalue weighted by Gasteiger charge is -2.08. The second-order valence-corrected chi connectivity index (χ2v) is 4.17. The van der Waals surface area contributed by atoms with E-state index in [9.17, 15) is 13.2 Å². The summed E-state index contributed by atoms with van der Waals surface area (Å²) in [5.41, 5.74) is 6.18. The maximum Gasteiger partial charge on any atom is 0.433 e. The van der Waals surface area contributed by atoms with Crippen molar-refractivity contribution in [3.8, 4) is 11.3 Å². The summed E-state index contributed by atoms with van der Waals surface area (Å²) in [6.45, 7) is 1.78. The summed E-state index contributed by atoms with van der Waals surface area (Å²) < 4.78 is 37.7. The molecule has 2 aromatic heterocycles. The normalized spacial score (nSPS) is 13.3. The minimum Gasteiger partial charge on any atom is -0.323 e. The molecule has 0 bridgehead atoms. The lowest BCUT2D eigenvalue weighted by Crippen LogP contribution is -2.08. The number of rotatable bonds is 2. The largest absolute Gasteiger partial charge is 0.433 e. The minimum atomic E-state index is -4.45. The highest BCUT2D eigenvalue weighted by molar-refractivity contribution is 5.58. The van der Waals surface area contributed by atoms with Crippen molar-refractivity contribution >= 4 is 0 Å². The first-order valence-corrected chi connectivity index (χ1v) is 5.64. The summed E-state index contributed by atoms with van der Waals surface area (Å²) in [6, 6.07) is 6.90. The lowest BCUT2D eigenvalue weighted by atomic mass is 10.1. The van der Waals surface area contributed by atoms with Gasteiger partial charge in [-0.05, 0) is 31.2 Å². The molecule has 0 aliphatic carbocycles. The number of nitrogens with two attached hydrogens (primary N) is 1. The smallest absolute Gasteiger partial charge is 0.323 e. The quantitative estimate of drug-likeness (QED) is 0.909. The number of alkyl halides is 3. The Hall–Kier alpha value is -1.95. The van der Waals surface area contributed by atoms with Gasteiger partial charge in [-0.1, -0.05) is 6.07 Å². The van der Waals surface area contributed by atoms with E-state index in [1.54, 1.807) is 19.1 Å². The van der Waals surface area contributed by atoms with Crippen LogP contribution in [0.15, 0.2) is 36.5 Å². The van der Waals surface area contributed by atoms with Gasteiger partial charge in [0.25, 0.3) is 0 Å². The zero-order valence-corrected chi connectivity index (χ0v) is 10.1. The molecule has 3 nitrogen and oxygen atoms in total. The first-order chi connectivity index (χ1) is 8.88. The summed E-state index contributed by atoms with van der Waals surface area (Å²) in [6.07, 6.45) is -2.98. The van der Waals surface area contributed by atoms with Crippen molar-refractivity contribution in [2.75, 3.05) is 0 Å². The number of nitrogens with zero attached hydrogens (tertiary/aromatic N) is 2. The van der Waals surface area contributed by atoms with Gasteiger partial charge in [-0.25, -0.2) is 4.98 Å². The second-order valence-electron chi connectivity index (χ2n) is 4.17. The molecule has 0 aliphatic heterocycles. The van der Waals surface area contributed by atoms with Gasteiger partial charge >= 0.3 is 6.18 Å². The average Bonchev–Trinajstić information content (AvgIpc) is 2.38. The van der Waals surface area contributed by atoms with Gasteiger partial charge in [0.15, 0.2) is 0 Å². The van der Waals surface area contributed by atoms with Crippen LogP contribution in [0.2, 0.25) is 0 Å². The average molecular weight is 267 g/mol. The van der Waals surface area contributed by atoms with Gasteiger partial charge in [0.1, 0.15) is 5.69 Å². The van der Waals surface area contributed by atoms with E-state index in [4.69, 9.17) is 5.73 Å². The Morgan fingerprint density at radius 2 is 1.89 bits per heavy atom. The molecule has 0 aliphatic rings. The first kappa shape index (κ1) is 13.5. The van der Waals surface area contributed by atoms with E-state index >= 15 is 0 Å². The fraction of sp³-hybridized carbons (Fsp3) is 0.231. The molecular formula is C13H12F3N3. The summed E-state index contributed by atoms with van der Waals surface area (Å²) in [4.78, 5) is 7.69. The maximum atomic E-state index is 12.6. The number of hydrogen-bond donors (Lipinski definition) is 1. The molecule has 2 N–H and O–H groups in total. The van der Waals surface area contributed by atoms with Crippen LogP contribution >= 0.6 is 0 Å². The van der Waals surface area contributed by atoms with Crippen LogP contribution in [-0.4, -0.2) is 9.97 Å². The Labute approximate surface area is 108 Å². The topological polar surface area (TPSA) is 51.8 Å². The molecule has 0 saturated carbocycles. The zero-order valence-electron chi connectivity index (χ0n) is 10.1. The van der Waals surface area contributed by atoms with Crippen LogP contribution in [0.3, 0.4) is 0 Å². The van der Waals surface area contributed by atoms with Crippen molar-refractivity contribution in [3.05, 3.63) is 47.9 Å². The van der Waals surface area contributed by atoms with Gasteiger partial charge in [-0.2, -0.15) is 13.2 Å². The van der Waals surface area contributed by atoms with Crippen molar-refractivity contribution in [1.82, 2.24) is 9.97 Å². The molecule has 0 aromatic carbocycles. The number of halogens is 3. The van der Waals surface area contributed by atoms with Gasteiger partial charge in [-0.15, -0.1) is 0 Å². The van der Waals surface area contributed by atoms with Gasteiger partial charge in [0.05, 0.1) is 11.4 Å². The van der Waals surface area contributed by atoms with Crippen LogP contribution in [0.1, 0.15) is 24.4 Å². The molecule has 2 rings (SSSR count). The van der Waals surface area contributed by atoms with Gasteiger partial charge < -0.3 is 5.73 Å². The van der Waals surface area contributed by atoms with Crippen molar-refractivity contribution < 1.29 is 13.2 Å². The van der Waals surface area contributed by atoms with Gasteiger partial charge in [0, 0.05) is 17.8 Å². The Morgan fingerprint density at radius 1 is 1.16 bits per heavy atom. The highest BCUT2D eigenvalue weighted by Gasteiger charge is 2.32. The lowest BCUT2D eigenvalue weighted by molar-refractivity contribution is -0.141. The molecule has 100 valence electrons. The third-order valence-corrected chi connectivity index (χ3v) is 2.59. The first-order valence-electron chi connectivity index (χ1n) is 5.64. The molecule has 6 heteroatoms. The predicted molar refractivity (Wildman–Crippen MR) is 65.1 cm³/mol. The third-order valence-electron chi connectivity index (χ3n) is 2.59. The molecule has 2 aromatic rings. The third kappa shape index (κ3) is 3.08. The molecule has 0 amide bonds. The van der Waals surface area contributed by atoms with E-state index in [1.165, 1.54) is 18.3 Å². The Bertz CT molecular complexity index is 562. The summed E-state index contributed by atoms with van der Waals surface area (Å²) in [5, 5.41) is 0. The predicted octanol–water partition coefficient (Wildman–Crippen LogP) is 3.18. The minimum absolute atomic E-state index is 0.219. The van der Waals surface area contributed by atoms with Crippen LogP contribution < -0.4 is 5.73 Å². The monoisotopic (exact) mass is 267 g/mol. The van der Waals surface area contributed by atoms with Crippen molar-refractivity contribution in [1.29, 1.82) is 0 Å². The van der Waals surface area contributed by atoms with Crippen molar-refractivity contribution in [2.45, 2.75) is 19.1 Å². The number of aromatic nitrogens is 2. The summed E-state index contributed by atoms with van der Waals surface area (Å²) >= 11 is 0. The van der Waals surface area contributed by atoms with Crippen LogP contribution in [0.4, 0.5) is 13.2 Å². The molecule has 0 radical (unpaired) electrons. The van der Waals surface area contributed by atoms with Crippen molar-refractivity contribution in [3.63, 3.8) is 0 Å². The van der Waals surface area contributed by atoms with Crippen LogP contribution in [-0.2, 0) is 6.18 Å². The van der Waals surface area contributed by atoms with Gasteiger partial charge in [0.2, 0.25) is 0 Å². The van der Waals surface area contributed by atoms with Crippen molar-refractivity contribution in [2.24, 2.45) is 5.73 Å². The van der Waals surface area contributed by atoms with E-state index in [0.29, 0.717) is 11.3 Å². The number of pyridine rings is 2. The maximum absolute atomic E-state index is 12.6. The van der Waals surface area contributed by atoms with Gasteiger partial charge in [-0.3, -0.25) is 4.98 Å². The molecule has 19 heavy (non-hydrogen) atoms. The highest BCUT2D eigenvalue weighted by atomic mass is 19.4. The highest BCUT2D eigenvalue weighted by Crippen LogP contribution is 2.29. The molecule has 2 heterocycles. The molecule has 1 atom stereocenters. The summed E-state index contributed by atoms with van der Waals surface area (Å²) in [7, 11) is 0. The van der Waals surface area contributed by atoms with E-state index in [0.717, 1.165) is 6.07 Å². The molecule has 0 saturated heterocycles. The summed E-state index contributed by atoms with van der Waals surface area (Å²) in [5.74, 6) is 0. The van der Waals surface area contributed by atoms with E-state index in [-0.39, 0.29) is 11.7 Å². The second kappa shape index (κ2) is 4.97. The molecular weight excluding hydrogens is 255 g/mol. The standard InChI is InChI=1S/C13H12F3N3/c1-8(17)10-6-5-9(7-18-10)11-3-2-4-12(19-11)13(14,15)16/h2-8H,17H2,1H3/t8-/m0/s1. The fourth-order valence-corrected chi connectivity index (χ4v) is 1.58.